The Morgan fingerprint density at radius 3 is 2.74 bits per heavy atom. The molecular formula is C25H29F3N8O2. The second kappa shape index (κ2) is 9.76. The van der Waals surface area contributed by atoms with Crippen LogP contribution in [-0.4, -0.2) is 77.5 Å². The number of nitrogens with one attached hydrogen (secondary N) is 1. The number of ether oxygens (including phenoxy) is 1. The molecular weight excluding hydrogens is 501 g/mol. The third-order valence-corrected chi connectivity index (χ3v) is 6.30. The Balaban J connectivity index is 1.32. The van der Waals surface area contributed by atoms with Gasteiger partial charge < -0.3 is 19.5 Å². The number of amides is 1. The van der Waals surface area contributed by atoms with Crippen LogP contribution in [0, 0.1) is 6.92 Å². The number of anilines is 1. The number of carbonyl (C=O) groups is 1. The number of halogens is 3. The number of nitrogens with zero attached hydrogens (tertiary/aromatic N) is 7. The maximum atomic E-state index is 14.9. The number of piperidine rings is 1. The number of likely N-dealkylation sites (tertiary alicyclic amines) is 1. The molecule has 0 aromatic carbocycles. The number of aryl methyl sites for hydroxylation is 1. The van der Waals surface area contributed by atoms with E-state index in [9.17, 15) is 18.0 Å². The molecule has 1 aliphatic heterocycles. The number of alkyl halides is 3. The van der Waals surface area contributed by atoms with E-state index in [0.29, 0.717) is 41.2 Å². The van der Waals surface area contributed by atoms with Crippen molar-refractivity contribution >= 4 is 28.7 Å². The summed E-state index contributed by atoms with van der Waals surface area (Å²) in [4.78, 5) is 26.9. The number of carbonyl (C=O) groups excluding carboxylic acids is 1. The lowest BCUT2D eigenvalue weighted by Gasteiger charge is -2.35. The molecule has 202 valence electrons. The lowest BCUT2D eigenvalue weighted by Crippen LogP contribution is -2.51. The summed E-state index contributed by atoms with van der Waals surface area (Å²) in [6.07, 6.45) is -0.693. The highest BCUT2D eigenvalue weighted by atomic mass is 19.3. The average molecular weight is 531 g/mol. The lowest BCUT2D eigenvalue weighted by molar-refractivity contribution is 0.0125. The molecule has 0 saturated carbocycles. The Kier molecular flexibility index (Phi) is 6.61. The molecule has 1 fully saturated rings. The minimum Gasteiger partial charge on any atom is -0.444 e. The molecule has 2 atom stereocenters. The standard InChI is InChI=1S/C25H29F3N8O2/c1-14-30-19-6-5-17(31-22(19)35(14)13-21(27)28)15-7-10-36-20(15)11-29-23(33-36)32-18-8-9-34(12-16(18)26)24(37)38-25(2,3)4/h5-7,10-11,16,18,21H,8-9,12-13H2,1-4H3,(H,32,33)/t16-,18-/m1/s1. The average Bonchev–Trinajstić information content (AvgIpc) is 3.39. The van der Waals surface area contributed by atoms with Gasteiger partial charge in [0.05, 0.1) is 36.5 Å². The van der Waals surface area contributed by atoms with Gasteiger partial charge in [0.25, 0.3) is 6.43 Å². The van der Waals surface area contributed by atoms with Crippen molar-refractivity contribution in [3.63, 3.8) is 0 Å². The lowest BCUT2D eigenvalue weighted by atomic mass is 10.0. The summed E-state index contributed by atoms with van der Waals surface area (Å²) in [5, 5.41) is 7.49. The predicted octanol–water partition coefficient (Wildman–Crippen LogP) is 4.47. The second-order valence-corrected chi connectivity index (χ2v) is 10.3. The summed E-state index contributed by atoms with van der Waals surface area (Å²) < 4.78 is 49.4. The van der Waals surface area contributed by atoms with Gasteiger partial charge in [-0.25, -0.2) is 37.4 Å². The normalized spacial score (nSPS) is 18.5. The Bertz CT molecular complexity index is 1480. The van der Waals surface area contributed by atoms with E-state index in [-0.39, 0.29) is 12.5 Å². The van der Waals surface area contributed by atoms with Gasteiger partial charge in [-0.05, 0) is 52.3 Å². The molecule has 5 heterocycles. The third-order valence-electron chi connectivity index (χ3n) is 6.30. The third kappa shape index (κ3) is 5.22. The Morgan fingerprint density at radius 2 is 2.03 bits per heavy atom. The van der Waals surface area contributed by atoms with Gasteiger partial charge in [-0.3, -0.25) is 0 Å². The molecule has 0 spiro atoms. The number of fused-ring (bicyclic) bond motifs is 2. The van der Waals surface area contributed by atoms with E-state index >= 15 is 0 Å². The van der Waals surface area contributed by atoms with Crippen LogP contribution >= 0.6 is 0 Å². The van der Waals surface area contributed by atoms with E-state index in [4.69, 9.17) is 4.74 Å². The van der Waals surface area contributed by atoms with Gasteiger partial charge >= 0.3 is 6.09 Å². The summed E-state index contributed by atoms with van der Waals surface area (Å²) in [7, 11) is 0. The van der Waals surface area contributed by atoms with E-state index in [2.05, 4.69) is 25.4 Å². The van der Waals surface area contributed by atoms with Crippen molar-refractivity contribution < 1.29 is 22.7 Å². The number of aromatic nitrogens is 6. The maximum absolute atomic E-state index is 14.9. The van der Waals surface area contributed by atoms with Crippen molar-refractivity contribution in [3.05, 3.63) is 36.4 Å². The topological polar surface area (TPSA) is 102 Å². The first-order chi connectivity index (χ1) is 18.0. The molecule has 10 nitrogen and oxygen atoms in total. The van der Waals surface area contributed by atoms with Gasteiger partial charge in [-0.2, -0.15) is 0 Å². The molecule has 0 bridgehead atoms. The van der Waals surface area contributed by atoms with Crippen LogP contribution in [0.2, 0.25) is 0 Å². The zero-order valence-electron chi connectivity index (χ0n) is 21.5. The highest BCUT2D eigenvalue weighted by molar-refractivity contribution is 5.82. The number of hydrogen-bond acceptors (Lipinski definition) is 7. The molecule has 0 aliphatic carbocycles. The van der Waals surface area contributed by atoms with Gasteiger partial charge in [0, 0.05) is 18.3 Å². The van der Waals surface area contributed by atoms with Gasteiger partial charge in [-0.15, -0.1) is 5.10 Å². The Hall–Kier alpha value is -3.90. The zero-order valence-corrected chi connectivity index (χ0v) is 21.5. The number of rotatable bonds is 5. The van der Waals surface area contributed by atoms with Crippen molar-refractivity contribution in [2.75, 3.05) is 18.4 Å². The monoisotopic (exact) mass is 530 g/mol. The summed E-state index contributed by atoms with van der Waals surface area (Å²) >= 11 is 0. The quantitative estimate of drug-likeness (QED) is 0.406. The minimum absolute atomic E-state index is 0.0851. The van der Waals surface area contributed by atoms with Crippen LogP contribution < -0.4 is 5.32 Å². The van der Waals surface area contributed by atoms with Crippen LogP contribution in [0.15, 0.2) is 30.6 Å². The predicted molar refractivity (Wildman–Crippen MR) is 135 cm³/mol. The molecule has 1 N–H and O–H groups in total. The first kappa shape index (κ1) is 25.7. The fourth-order valence-corrected chi connectivity index (χ4v) is 4.53. The number of imidazole rings is 1. The smallest absolute Gasteiger partial charge is 0.410 e. The van der Waals surface area contributed by atoms with Crippen molar-refractivity contribution in [1.29, 1.82) is 0 Å². The van der Waals surface area contributed by atoms with Gasteiger partial charge in [0.1, 0.15) is 23.1 Å². The van der Waals surface area contributed by atoms with Crippen LogP contribution in [0.5, 0.6) is 0 Å². The molecule has 5 rings (SSSR count). The summed E-state index contributed by atoms with van der Waals surface area (Å²) in [5.41, 5.74) is 2.20. The molecule has 1 aliphatic rings. The largest absolute Gasteiger partial charge is 0.444 e. The van der Waals surface area contributed by atoms with E-state index in [1.54, 1.807) is 62.8 Å². The summed E-state index contributed by atoms with van der Waals surface area (Å²) in [5.74, 6) is 0.709. The number of pyridine rings is 1. The van der Waals surface area contributed by atoms with E-state index in [1.807, 2.05) is 0 Å². The van der Waals surface area contributed by atoms with E-state index < -0.39 is 36.9 Å². The van der Waals surface area contributed by atoms with E-state index in [0.717, 1.165) is 5.56 Å². The zero-order chi connectivity index (χ0) is 27.2. The van der Waals surface area contributed by atoms with Crippen molar-refractivity contribution in [2.45, 2.75) is 64.9 Å². The van der Waals surface area contributed by atoms with Crippen LogP contribution in [0.4, 0.5) is 23.9 Å². The summed E-state index contributed by atoms with van der Waals surface area (Å²) in [6, 6.07) is 4.76. The second-order valence-electron chi connectivity index (χ2n) is 10.3. The van der Waals surface area contributed by atoms with Gasteiger partial charge in [-0.1, -0.05) is 0 Å². The van der Waals surface area contributed by atoms with Crippen LogP contribution in [-0.2, 0) is 11.3 Å². The molecule has 4 aromatic rings. The molecule has 4 aromatic heterocycles. The Morgan fingerprint density at radius 1 is 1.24 bits per heavy atom. The minimum atomic E-state index is -2.53. The molecule has 0 unspecified atom stereocenters. The van der Waals surface area contributed by atoms with Gasteiger partial charge in [0.2, 0.25) is 5.95 Å². The SMILES string of the molecule is Cc1nc2ccc(-c3ccn4nc(N[C@@H]5CCN(C(=O)OC(C)(C)C)C[C@H]5F)ncc34)nc2n1CC(F)F. The molecule has 38 heavy (non-hydrogen) atoms. The van der Waals surface area contributed by atoms with Crippen molar-refractivity contribution in [1.82, 2.24) is 34.0 Å². The number of hydrogen-bond donors (Lipinski definition) is 1. The fraction of sp³-hybridized carbons (Fsp3) is 0.480. The summed E-state index contributed by atoms with van der Waals surface area (Å²) in [6.45, 7) is 6.75. The van der Waals surface area contributed by atoms with Crippen LogP contribution in [0.3, 0.4) is 0 Å². The van der Waals surface area contributed by atoms with Crippen LogP contribution in [0.25, 0.3) is 27.9 Å². The first-order valence-corrected chi connectivity index (χ1v) is 12.3. The highest BCUT2D eigenvalue weighted by Crippen LogP contribution is 2.27. The van der Waals surface area contributed by atoms with Gasteiger partial charge in [0.15, 0.2) is 5.65 Å². The molecule has 1 saturated heterocycles. The fourth-order valence-electron chi connectivity index (χ4n) is 4.53. The van der Waals surface area contributed by atoms with Crippen molar-refractivity contribution in [2.24, 2.45) is 0 Å². The highest BCUT2D eigenvalue weighted by Gasteiger charge is 2.34. The molecule has 13 heteroatoms. The maximum Gasteiger partial charge on any atom is 0.410 e. The molecule has 1 amide bonds. The van der Waals surface area contributed by atoms with Crippen molar-refractivity contribution in [3.8, 4) is 11.3 Å². The van der Waals surface area contributed by atoms with E-state index in [1.165, 1.54) is 9.47 Å². The Labute approximate surface area is 216 Å². The molecule has 0 radical (unpaired) electrons. The van der Waals surface area contributed by atoms with Crippen LogP contribution in [0.1, 0.15) is 33.0 Å². The first-order valence-electron chi connectivity index (χ1n) is 12.3.